The number of anilines is 1. The average molecular weight is 328 g/mol. The Labute approximate surface area is 138 Å². The summed E-state index contributed by atoms with van der Waals surface area (Å²) in [5, 5.41) is 2.33. The molecule has 7 nitrogen and oxygen atoms in total. The molecule has 24 heavy (non-hydrogen) atoms. The Hall–Kier alpha value is -2.57. The summed E-state index contributed by atoms with van der Waals surface area (Å²) in [6.07, 6.45) is 2.99. The smallest absolute Gasteiger partial charge is 0.329 e. The second kappa shape index (κ2) is 5.51. The molecule has 2 fully saturated rings. The Balaban J connectivity index is 1.82. The van der Waals surface area contributed by atoms with Crippen LogP contribution in [0.2, 0.25) is 0 Å². The highest BCUT2D eigenvalue weighted by molar-refractivity contribution is 6.00. The zero-order valence-electron chi connectivity index (χ0n) is 13.6. The van der Waals surface area contributed by atoms with Gasteiger partial charge in [-0.25, -0.2) is 4.79 Å². The van der Waals surface area contributed by atoms with E-state index >= 15 is 0 Å². The number of nitrogens with one attached hydrogen (secondary N) is 1. The van der Waals surface area contributed by atoms with Gasteiger partial charge in [0.05, 0.1) is 11.0 Å². The molecule has 1 aromatic heterocycles. The molecule has 2 aliphatic rings. The van der Waals surface area contributed by atoms with Crippen LogP contribution in [-0.4, -0.2) is 34.0 Å². The molecule has 0 bridgehead atoms. The molecule has 0 saturated carbocycles. The molecule has 4 rings (SSSR count). The lowest BCUT2D eigenvalue weighted by Gasteiger charge is -2.22. The van der Waals surface area contributed by atoms with E-state index in [9.17, 15) is 14.4 Å². The molecule has 1 aromatic carbocycles. The summed E-state index contributed by atoms with van der Waals surface area (Å²) in [5.41, 5.74) is 2.43. The van der Waals surface area contributed by atoms with Gasteiger partial charge in [-0.15, -0.1) is 0 Å². The van der Waals surface area contributed by atoms with Crippen molar-refractivity contribution in [3.05, 3.63) is 28.7 Å². The van der Waals surface area contributed by atoms with Crippen molar-refractivity contribution in [3.63, 3.8) is 0 Å². The number of imide groups is 1. The fourth-order valence-corrected chi connectivity index (χ4v) is 3.75. The fraction of sp³-hybridized carbons (Fsp3) is 0.471. The SMILES string of the molecule is Cn1c(=O)n(C2CCC(=O)NC2=O)c2ccc(N3CCCC3)cc21. The normalized spacial score (nSPS) is 21.5. The van der Waals surface area contributed by atoms with Gasteiger partial charge >= 0.3 is 5.69 Å². The summed E-state index contributed by atoms with van der Waals surface area (Å²) < 4.78 is 3.10. The number of piperidine rings is 1. The van der Waals surface area contributed by atoms with E-state index in [0.717, 1.165) is 29.8 Å². The van der Waals surface area contributed by atoms with Crippen LogP contribution in [0, 0.1) is 0 Å². The van der Waals surface area contributed by atoms with Crippen LogP contribution in [0.25, 0.3) is 11.0 Å². The van der Waals surface area contributed by atoms with Crippen LogP contribution < -0.4 is 15.9 Å². The van der Waals surface area contributed by atoms with Gasteiger partial charge in [-0.1, -0.05) is 0 Å². The van der Waals surface area contributed by atoms with E-state index in [2.05, 4.69) is 10.2 Å². The summed E-state index contributed by atoms with van der Waals surface area (Å²) in [6, 6.07) is 5.31. The standard InChI is InChI=1S/C17H20N4O3/c1-19-14-10-11(20-8-2-3-9-20)4-5-12(14)21(17(19)24)13-6-7-15(22)18-16(13)23/h4-5,10,13H,2-3,6-9H2,1H3,(H,18,22,23). The van der Waals surface area contributed by atoms with E-state index in [0.29, 0.717) is 6.42 Å². The van der Waals surface area contributed by atoms with Crippen LogP contribution in [0.3, 0.4) is 0 Å². The van der Waals surface area contributed by atoms with Gasteiger partial charge in [-0.3, -0.25) is 24.0 Å². The zero-order valence-corrected chi connectivity index (χ0v) is 13.6. The van der Waals surface area contributed by atoms with Crippen LogP contribution in [0.1, 0.15) is 31.7 Å². The lowest BCUT2D eigenvalue weighted by atomic mass is 10.1. The van der Waals surface area contributed by atoms with E-state index < -0.39 is 11.9 Å². The van der Waals surface area contributed by atoms with Crippen molar-refractivity contribution in [2.45, 2.75) is 31.7 Å². The number of aryl methyl sites for hydroxylation is 1. The van der Waals surface area contributed by atoms with Crippen LogP contribution in [-0.2, 0) is 16.6 Å². The van der Waals surface area contributed by atoms with Gasteiger partial charge in [0.1, 0.15) is 6.04 Å². The molecule has 126 valence electrons. The predicted molar refractivity (Wildman–Crippen MR) is 90.0 cm³/mol. The second-order valence-electron chi connectivity index (χ2n) is 6.55. The Bertz CT molecular complexity index is 889. The number of carbonyl (C=O) groups is 2. The topological polar surface area (TPSA) is 76.3 Å². The number of hydrogen-bond donors (Lipinski definition) is 1. The number of nitrogens with zero attached hydrogens (tertiary/aromatic N) is 3. The van der Waals surface area contributed by atoms with Crippen molar-refractivity contribution in [2.24, 2.45) is 7.05 Å². The summed E-state index contributed by atoms with van der Waals surface area (Å²) in [7, 11) is 1.72. The molecule has 0 radical (unpaired) electrons. The van der Waals surface area contributed by atoms with Gasteiger partial charge in [0.25, 0.3) is 0 Å². The first-order chi connectivity index (χ1) is 11.6. The highest BCUT2D eigenvalue weighted by Crippen LogP contribution is 2.27. The maximum Gasteiger partial charge on any atom is 0.329 e. The molecule has 3 heterocycles. The fourth-order valence-electron chi connectivity index (χ4n) is 3.75. The van der Waals surface area contributed by atoms with Crippen molar-refractivity contribution >= 4 is 28.5 Å². The quantitative estimate of drug-likeness (QED) is 0.832. The molecule has 0 spiro atoms. The average Bonchev–Trinajstić information content (AvgIpc) is 3.17. The maximum absolute atomic E-state index is 12.7. The van der Waals surface area contributed by atoms with Gasteiger partial charge in [0.2, 0.25) is 11.8 Å². The number of benzene rings is 1. The maximum atomic E-state index is 12.7. The van der Waals surface area contributed by atoms with Gasteiger partial charge in [0.15, 0.2) is 0 Å². The molecule has 2 saturated heterocycles. The monoisotopic (exact) mass is 328 g/mol. The van der Waals surface area contributed by atoms with Crippen molar-refractivity contribution in [2.75, 3.05) is 18.0 Å². The lowest BCUT2D eigenvalue weighted by molar-refractivity contribution is -0.135. The second-order valence-corrected chi connectivity index (χ2v) is 6.55. The van der Waals surface area contributed by atoms with Crippen molar-refractivity contribution < 1.29 is 9.59 Å². The van der Waals surface area contributed by atoms with E-state index in [1.165, 1.54) is 17.4 Å². The van der Waals surface area contributed by atoms with Crippen molar-refractivity contribution in [1.82, 2.24) is 14.5 Å². The molecule has 1 unspecified atom stereocenters. The van der Waals surface area contributed by atoms with E-state index in [-0.39, 0.29) is 18.0 Å². The third kappa shape index (κ3) is 2.23. The predicted octanol–water partition coefficient (Wildman–Crippen LogP) is 0.918. The number of rotatable bonds is 2. The minimum Gasteiger partial charge on any atom is -0.371 e. The molecule has 0 aliphatic carbocycles. The van der Waals surface area contributed by atoms with E-state index in [1.807, 2.05) is 18.2 Å². The van der Waals surface area contributed by atoms with Gasteiger partial charge in [-0.05, 0) is 37.5 Å². The largest absolute Gasteiger partial charge is 0.371 e. The molecule has 2 aromatic rings. The molecular weight excluding hydrogens is 308 g/mol. The van der Waals surface area contributed by atoms with Crippen molar-refractivity contribution in [1.29, 1.82) is 0 Å². The number of carbonyl (C=O) groups excluding carboxylic acids is 2. The van der Waals surface area contributed by atoms with E-state index in [4.69, 9.17) is 0 Å². The minimum atomic E-state index is -0.628. The number of aromatic nitrogens is 2. The first-order valence-corrected chi connectivity index (χ1v) is 8.36. The van der Waals surface area contributed by atoms with Crippen LogP contribution in [0.15, 0.2) is 23.0 Å². The third-order valence-electron chi connectivity index (χ3n) is 5.07. The first kappa shape index (κ1) is 15.0. The molecule has 1 atom stereocenters. The third-order valence-corrected chi connectivity index (χ3v) is 5.07. The Morgan fingerprint density at radius 1 is 1.08 bits per heavy atom. The number of imidazole rings is 1. The zero-order chi connectivity index (χ0) is 16.8. The van der Waals surface area contributed by atoms with Crippen LogP contribution >= 0.6 is 0 Å². The summed E-state index contributed by atoms with van der Waals surface area (Å²) in [6.45, 7) is 2.07. The van der Waals surface area contributed by atoms with Gasteiger partial charge in [0, 0.05) is 32.2 Å². The van der Waals surface area contributed by atoms with Crippen LogP contribution in [0.4, 0.5) is 5.69 Å². The van der Waals surface area contributed by atoms with Gasteiger partial charge < -0.3 is 4.90 Å². The summed E-state index contributed by atoms with van der Waals surface area (Å²) >= 11 is 0. The minimum absolute atomic E-state index is 0.224. The van der Waals surface area contributed by atoms with E-state index in [1.54, 1.807) is 11.6 Å². The number of fused-ring (bicyclic) bond motifs is 1. The Morgan fingerprint density at radius 2 is 1.83 bits per heavy atom. The molecule has 1 N–H and O–H groups in total. The lowest BCUT2D eigenvalue weighted by Crippen LogP contribution is -2.44. The molecule has 2 amide bonds. The highest BCUT2D eigenvalue weighted by atomic mass is 16.2. The summed E-state index contributed by atoms with van der Waals surface area (Å²) in [4.78, 5) is 38.6. The summed E-state index contributed by atoms with van der Waals surface area (Å²) in [5.74, 6) is -0.676. The highest BCUT2D eigenvalue weighted by Gasteiger charge is 2.31. The van der Waals surface area contributed by atoms with Crippen molar-refractivity contribution in [3.8, 4) is 0 Å². The first-order valence-electron chi connectivity index (χ1n) is 8.36. The molecule has 7 heteroatoms. The number of hydrogen-bond acceptors (Lipinski definition) is 4. The van der Waals surface area contributed by atoms with Gasteiger partial charge in [-0.2, -0.15) is 0 Å². The Morgan fingerprint density at radius 3 is 2.54 bits per heavy atom. The Kier molecular flexibility index (Phi) is 3.44. The van der Waals surface area contributed by atoms with Crippen LogP contribution in [0.5, 0.6) is 0 Å². The number of amides is 2. The molecular formula is C17H20N4O3. The molecule has 2 aliphatic heterocycles.